The number of likely N-dealkylation sites (tertiary alicyclic amines) is 1. The number of hydrogen-bond acceptors (Lipinski definition) is 7. The lowest BCUT2D eigenvalue weighted by Gasteiger charge is -2.33. The molecule has 2 aliphatic rings. The summed E-state index contributed by atoms with van der Waals surface area (Å²) in [5.74, 6) is 1.64. The fourth-order valence-electron chi connectivity index (χ4n) is 6.05. The first-order valence-corrected chi connectivity index (χ1v) is 15.8. The summed E-state index contributed by atoms with van der Waals surface area (Å²) in [5, 5.41) is 19.6. The third kappa shape index (κ3) is 7.07. The smallest absolute Gasteiger partial charge is 0.320 e. The van der Waals surface area contributed by atoms with Gasteiger partial charge in [-0.25, -0.2) is 0 Å². The number of halogens is 1. The lowest BCUT2D eigenvalue weighted by Crippen LogP contribution is -2.44. The molecule has 0 amide bonds. The quantitative estimate of drug-likeness (QED) is 0.189. The van der Waals surface area contributed by atoms with Crippen LogP contribution in [0.5, 0.6) is 23.0 Å². The first-order chi connectivity index (χ1) is 22.4. The molecule has 46 heavy (non-hydrogen) atoms. The maximum absolute atomic E-state index is 12.0. The fraction of sp³-hybridized carbons (Fsp3) is 0.297. The lowest BCUT2D eigenvalue weighted by atomic mass is 9.98. The number of carboxylic acid groups (broad SMARTS) is 1. The second-order valence-electron chi connectivity index (χ2n) is 11.6. The highest BCUT2D eigenvalue weighted by molar-refractivity contribution is 6.32. The van der Waals surface area contributed by atoms with E-state index in [2.05, 4.69) is 6.07 Å². The van der Waals surface area contributed by atoms with Gasteiger partial charge in [0, 0.05) is 18.2 Å². The number of fused-ring (bicyclic) bond motifs is 1. The van der Waals surface area contributed by atoms with Crippen molar-refractivity contribution < 1.29 is 28.8 Å². The molecule has 0 aliphatic carbocycles. The van der Waals surface area contributed by atoms with Crippen LogP contribution in [0.1, 0.15) is 58.7 Å². The number of piperidine rings is 1. The molecule has 0 saturated carbocycles. The van der Waals surface area contributed by atoms with E-state index < -0.39 is 12.0 Å². The summed E-state index contributed by atoms with van der Waals surface area (Å²) < 4.78 is 24.8. The van der Waals surface area contributed by atoms with E-state index in [0.29, 0.717) is 48.2 Å². The second-order valence-corrected chi connectivity index (χ2v) is 12.0. The summed E-state index contributed by atoms with van der Waals surface area (Å²) in [7, 11) is 0. The summed E-state index contributed by atoms with van der Waals surface area (Å²) in [5.41, 5.74) is 5.21. The Morgan fingerprint density at radius 2 is 1.78 bits per heavy atom. The Hall–Kier alpha value is -4.71. The first kappa shape index (κ1) is 31.3. The molecule has 1 saturated heterocycles. The molecule has 236 valence electrons. The van der Waals surface area contributed by atoms with Crippen molar-refractivity contribution in [2.45, 2.75) is 58.1 Å². The van der Waals surface area contributed by atoms with Gasteiger partial charge in [0.1, 0.15) is 37.4 Å². The Bertz CT molecular complexity index is 1770. The van der Waals surface area contributed by atoms with Crippen LogP contribution in [0, 0.1) is 18.3 Å². The van der Waals surface area contributed by atoms with Crippen LogP contribution in [0.4, 0.5) is 0 Å². The summed E-state index contributed by atoms with van der Waals surface area (Å²) in [6, 6.07) is 26.1. The van der Waals surface area contributed by atoms with Crippen molar-refractivity contribution in [1.29, 1.82) is 5.26 Å². The molecule has 0 aromatic heterocycles. The molecule has 2 aliphatic heterocycles. The van der Waals surface area contributed by atoms with E-state index in [0.717, 1.165) is 52.2 Å². The number of aliphatic carboxylic acids is 1. The van der Waals surface area contributed by atoms with Gasteiger partial charge in [-0.2, -0.15) is 5.26 Å². The highest BCUT2D eigenvalue weighted by Gasteiger charge is 2.29. The fourth-order valence-corrected chi connectivity index (χ4v) is 6.29. The molecule has 6 rings (SSSR count). The number of ether oxygens (including phenoxy) is 4. The second kappa shape index (κ2) is 14.2. The van der Waals surface area contributed by atoms with Crippen molar-refractivity contribution in [2.24, 2.45) is 0 Å². The molecule has 0 radical (unpaired) electrons. The molecule has 9 heteroatoms. The minimum atomic E-state index is -0.825. The van der Waals surface area contributed by atoms with Crippen molar-refractivity contribution in [3.8, 4) is 29.1 Å². The standard InChI is InChI=1S/C37H35ClN2O6/c1-24-27(10-7-11-29(24)36-23-45-32-13-2-3-14-33(32)46-36)22-44-35-18-34(43-21-26-9-6-8-25(16-26)19-39)28(17-30(35)38)20-40-15-5-4-12-31(40)37(41)42/h2-3,6-11,13-14,16-18,31,36H,4-5,12,15,20-23H2,1H3,(H,41,42)/t31-,36?/m0/s1. The van der Waals surface area contributed by atoms with Crippen molar-refractivity contribution in [3.05, 3.63) is 117 Å². The molecule has 8 nitrogen and oxygen atoms in total. The van der Waals surface area contributed by atoms with Gasteiger partial charge in [0.25, 0.3) is 0 Å². The predicted octanol–water partition coefficient (Wildman–Crippen LogP) is 7.63. The summed E-state index contributed by atoms with van der Waals surface area (Å²) in [6.45, 7) is 3.99. The Morgan fingerprint density at radius 3 is 2.61 bits per heavy atom. The molecule has 1 fully saturated rings. The number of nitriles is 1. The van der Waals surface area contributed by atoms with Gasteiger partial charge in [-0.1, -0.05) is 60.5 Å². The van der Waals surface area contributed by atoms with Crippen LogP contribution in [0.2, 0.25) is 5.02 Å². The molecule has 1 N–H and O–H groups in total. The molecule has 2 heterocycles. The van der Waals surface area contributed by atoms with Crippen LogP contribution in [0.3, 0.4) is 0 Å². The van der Waals surface area contributed by atoms with E-state index in [1.165, 1.54) is 0 Å². The van der Waals surface area contributed by atoms with Gasteiger partial charge in [-0.05, 0) is 78.9 Å². The molecule has 0 spiro atoms. The zero-order valence-corrected chi connectivity index (χ0v) is 26.3. The molecule has 1 unspecified atom stereocenters. The van der Waals surface area contributed by atoms with E-state index in [-0.39, 0.29) is 19.3 Å². The van der Waals surface area contributed by atoms with Crippen LogP contribution in [0.25, 0.3) is 0 Å². The maximum Gasteiger partial charge on any atom is 0.320 e. The largest absolute Gasteiger partial charge is 0.488 e. The highest BCUT2D eigenvalue weighted by Crippen LogP contribution is 2.38. The molecule has 4 aromatic rings. The van der Waals surface area contributed by atoms with Gasteiger partial charge in [-0.15, -0.1) is 0 Å². The Labute approximate surface area is 273 Å². The molecule has 2 atom stereocenters. The van der Waals surface area contributed by atoms with Crippen molar-refractivity contribution in [2.75, 3.05) is 13.2 Å². The van der Waals surface area contributed by atoms with Gasteiger partial charge in [0.15, 0.2) is 17.6 Å². The van der Waals surface area contributed by atoms with Crippen molar-refractivity contribution in [1.82, 2.24) is 4.90 Å². The number of nitrogens with zero attached hydrogens (tertiary/aromatic N) is 2. The van der Waals surface area contributed by atoms with Gasteiger partial charge in [-0.3, -0.25) is 9.69 Å². The predicted molar refractivity (Wildman–Crippen MR) is 173 cm³/mol. The minimum absolute atomic E-state index is 0.222. The molecule has 4 aromatic carbocycles. The van der Waals surface area contributed by atoms with Crippen LogP contribution < -0.4 is 18.9 Å². The Balaban J connectivity index is 1.23. The van der Waals surface area contributed by atoms with Crippen LogP contribution in [0.15, 0.2) is 78.9 Å². The SMILES string of the molecule is Cc1c(COc2cc(OCc3cccc(C#N)c3)c(CN3CCCC[C@H]3C(=O)O)cc2Cl)cccc1C1COc2ccccc2O1. The van der Waals surface area contributed by atoms with Crippen LogP contribution >= 0.6 is 11.6 Å². The van der Waals surface area contributed by atoms with Crippen LogP contribution in [-0.2, 0) is 24.6 Å². The average molecular weight is 639 g/mol. The first-order valence-electron chi connectivity index (χ1n) is 15.4. The molecular formula is C37H35ClN2O6. The number of carbonyl (C=O) groups is 1. The third-order valence-corrected chi connectivity index (χ3v) is 8.86. The van der Waals surface area contributed by atoms with E-state index in [4.69, 9.17) is 30.5 Å². The summed E-state index contributed by atoms with van der Waals surface area (Å²) >= 11 is 6.79. The third-order valence-electron chi connectivity index (χ3n) is 8.56. The summed E-state index contributed by atoms with van der Waals surface area (Å²) in [4.78, 5) is 14.0. The highest BCUT2D eigenvalue weighted by atomic mass is 35.5. The Kier molecular flexibility index (Phi) is 9.62. The van der Waals surface area contributed by atoms with Crippen molar-refractivity contribution in [3.63, 3.8) is 0 Å². The topological polar surface area (TPSA) is 101 Å². The summed E-state index contributed by atoms with van der Waals surface area (Å²) in [6.07, 6.45) is 2.16. The lowest BCUT2D eigenvalue weighted by molar-refractivity contribution is -0.144. The van der Waals surface area contributed by atoms with E-state index >= 15 is 0 Å². The minimum Gasteiger partial charge on any atom is -0.488 e. The van der Waals surface area contributed by atoms with E-state index in [1.54, 1.807) is 24.3 Å². The number of para-hydroxylation sites is 2. The zero-order valence-electron chi connectivity index (χ0n) is 25.6. The Morgan fingerprint density at radius 1 is 0.978 bits per heavy atom. The van der Waals surface area contributed by atoms with Gasteiger partial charge in [0.2, 0.25) is 0 Å². The van der Waals surface area contributed by atoms with Gasteiger partial charge < -0.3 is 24.1 Å². The molecular weight excluding hydrogens is 604 g/mol. The maximum atomic E-state index is 12.0. The zero-order chi connectivity index (χ0) is 32.0. The van der Waals surface area contributed by atoms with E-state index in [1.807, 2.05) is 66.4 Å². The van der Waals surface area contributed by atoms with Crippen LogP contribution in [-0.4, -0.2) is 35.2 Å². The monoisotopic (exact) mass is 638 g/mol. The average Bonchev–Trinajstić information content (AvgIpc) is 3.08. The molecule has 0 bridgehead atoms. The van der Waals surface area contributed by atoms with Gasteiger partial charge in [0.05, 0.1) is 16.7 Å². The normalized spacial score (nSPS) is 17.6. The number of benzene rings is 4. The van der Waals surface area contributed by atoms with Crippen molar-refractivity contribution >= 4 is 17.6 Å². The number of hydrogen-bond donors (Lipinski definition) is 1. The van der Waals surface area contributed by atoms with Gasteiger partial charge >= 0.3 is 5.97 Å². The number of rotatable bonds is 10. The van der Waals surface area contributed by atoms with E-state index in [9.17, 15) is 15.2 Å². The number of carboxylic acids is 1.